The predicted octanol–water partition coefficient (Wildman–Crippen LogP) is 4.46. The van der Waals surface area contributed by atoms with Gasteiger partial charge in [0.2, 0.25) is 23.0 Å². The second-order valence-corrected chi connectivity index (χ2v) is 10.3. The highest BCUT2D eigenvalue weighted by Gasteiger charge is 2.29. The number of thiazole rings is 1. The molecule has 1 aliphatic rings. The number of carbonyl (C=O) groups excluding carboxylic acids is 2. The summed E-state index contributed by atoms with van der Waals surface area (Å²) < 4.78 is 17.0. The van der Waals surface area contributed by atoms with E-state index in [1.165, 1.54) is 18.3 Å². The first-order valence-corrected chi connectivity index (χ1v) is 13.9. The van der Waals surface area contributed by atoms with E-state index in [9.17, 15) is 14.4 Å². The Labute approximate surface area is 237 Å². The van der Waals surface area contributed by atoms with Crippen LogP contribution in [0.15, 0.2) is 34.4 Å². The number of rotatable bonds is 10. The SMILES string of the molecule is COc1cc2c(c(OC)c1OC)-c1ccc(NCCCC(=O)Nc3nc(C)cs3)c(=O)cc1C(NC(C)=O)CC2. The first kappa shape index (κ1) is 28.9. The van der Waals surface area contributed by atoms with Crippen LogP contribution >= 0.6 is 11.3 Å². The van der Waals surface area contributed by atoms with Gasteiger partial charge in [0, 0.05) is 30.8 Å². The van der Waals surface area contributed by atoms with E-state index in [2.05, 4.69) is 20.9 Å². The van der Waals surface area contributed by atoms with E-state index in [4.69, 9.17) is 14.2 Å². The number of aryl methyl sites for hydroxylation is 2. The lowest BCUT2D eigenvalue weighted by atomic mass is 9.95. The van der Waals surface area contributed by atoms with Crippen LogP contribution in [-0.4, -0.2) is 44.7 Å². The topological polar surface area (TPSA) is 128 Å². The van der Waals surface area contributed by atoms with E-state index in [1.54, 1.807) is 33.5 Å². The van der Waals surface area contributed by atoms with Gasteiger partial charge < -0.3 is 30.2 Å². The third-order valence-electron chi connectivity index (χ3n) is 6.68. The van der Waals surface area contributed by atoms with Crippen molar-refractivity contribution in [2.75, 3.05) is 38.5 Å². The number of benzene rings is 1. The maximum Gasteiger partial charge on any atom is 0.226 e. The summed E-state index contributed by atoms with van der Waals surface area (Å²) >= 11 is 1.38. The summed E-state index contributed by atoms with van der Waals surface area (Å²) in [6.07, 6.45) is 2.01. The number of anilines is 2. The molecule has 10 nitrogen and oxygen atoms in total. The number of nitrogens with zero attached hydrogens (tertiary/aromatic N) is 1. The summed E-state index contributed by atoms with van der Waals surface area (Å²) in [6, 6.07) is 6.70. The highest BCUT2D eigenvalue weighted by Crippen LogP contribution is 2.50. The van der Waals surface area contributed by atoms with Crippen LogP contribution in [0, 0.1) is 6.92 Å². The van der Waals surface area contributed by atoms with E-state index in [1.807, 2.05) is 24.4 Å². The minimum absolute atomic E-state index is 0.130. The van der Waals surface area contributed by atoms with Crippen molar-refractivity contribution in [1.82, 2.24) is 10.3 Å². The zero-order valence-electron chi connectivity index (χ0n) is 23.3. The molecule has 0 spiro atoms. The summed E-state index contributed by atoms with van der Waals surface area (Å²) in [7, 11) is 4.68. The van der Waals surface area contributed by atoms with Gasteiger partial charge in [-0.3, -0.25) is 14.4 Å². The molecular weight excluding hydrogens is 532 g/mol. The molecule has 1 aliphatic carbocycles. The number of hydrogen-bond acceptors (Lipinski definition) is 9. The van der Waals surface area contributed by atoms with Crippen LogP contribution in [-0.2, 0) is 16.0 Å². The Bertz CT molecular complexity index is 1470. The third-order valence-corrected chi connectivity index (χ3v) is 7.55. The molecule has 3 N–H and O–H groups in total. The van der Waals surface area contributed by atoms with Crippen molar-refractivity contribution < 1.29 is 23.8 Å². The Morgan fingerprint density at radius 1 is 1.10 bits per heavy atom. The van der Waals surface area contributed by atoms with E-state index in [0.29, 0.717) is 59.4 Å². The minimum Gasteiger partial charge on any atom is -0.493 e. The number of aromatic nitrogens is 1. The van der Waals surface area contributed by atoms with E-state index in [-0.39, 0.29) is 29.7 Å². The highest BCUT2D eigenvalue weighted by atomic mass is 32.1. The number of ether oxygens (including phenoxy) is 3. The summed E-state index contributed by atoms with van der Waals surface area (Å²) in [5.74, 6) is 1.17. The largest absolute Gasteiger partial charge is 0.493 e. The number of carbonyl (C=O) groups is 2. The van der Waals surface area contributed by atoms with Crippen molar-refractivity contribution in [1.29, 1.82) is 0 Å². The fraction of sp³-hybridized carbons (Fsp3) is 0.379. The number of hydrogen-bond donors (Lipinski definition) is 3. The first-order valence-electron chi connectivity index (χ1n) is 13.0. The molecule has 0 radical (unpaired) electrons. The average Bonchev–Trinajstić information content (AvgIpc) is 3.19. The number of nitrogens with one attached hydrogen (secondary N) is 3. The first-order chi connectivity index (χ1) is 19.2. The van der Waals surface area contributed by atoms with Gasteiger partial charge in [-0.25, -0.2) is 4.98 Å². The zero-order valence-corrected chi connectivity index (χ0v) is 24.1. The lowest BCUT2D eigenvalue weighted by Gasteiger charge is -2.19. The normalized spacial score (nSPS) is 13.8. The maximum absolute atomic E-state index is 13.4. The predicted molar refractivity (Wildman–Crippen MR) is 156 cm³/mol. The molecule has 0 aliphatic heterocycles. The van der Waals surface area contributed by atoms with Gasteiger partial charge in [-0.15, -0.1) is 11.3 Å². The molecule has 1 atom stereocenters. The van der Waals surface area contributed by atoms with Crippen molar-refractivity contribution in [2.24, 2.45) is 0 Å². The standard InChI is InChI=1S/C29H34N4O6S/c1-16-15-40-29(31-16)33-25(36)7-6-12-30-22-11-9-19-20(14-23(22)35)21(32-17(2)34)10-8-18-13-24(37-3)27(38-4)28(39-5)26(18)19/h9,11,13-15,21H,6-8,10,12H2,1-5H3,(H,30,35)(H,32,34)(H,31,33,36). The van der Waals surface area contributed by atoms with Gasteiger partial charge in [0.05, 0.1) is 38.8 Å². The van der Waals surface area contributed by atoms with E-state index in [0.717, 1.165) is 22.4 Å². The fourth-order valence-electron chi connectivity index (χ4n) is 4.92. The second-order valence-electron chi connectivity index (χ2n) is 9.47. The minimum atomic E-state index is -0.382. The highest BCUT2D eigenvalue weighted by molar-refractivity contribution is 7.13. The second kappa shape index (κ2) is 12.8. The molecular formula is C29H34N4O6S. The lowest BCUT2D eigenvalue weighted by molar-refractivity contribution is -0.119. The molecule has 1 unspecified atom stereocenters. The molecule has 1 heterocycles. The fourth-order valence-corrected chi connectivity index (χ4v) is 5.62. The van der Waals surface area contributed by atoms with Crippen molar-refractivity contribution in [3.8, 4) is 28.4 Å². The van der Waals surface area contributed by atoms with Crippen LogP contribution in [0.5, 0.6) is 17.2 Å². The number of amides is 2. The van der Waals surface area contributed by atoms with E-state index < -0.39 is 0 Å². The van der Waals surface area contributed by atoms with Gasteiger partial charge >= 0.3 is 0 Å². The smallest absolute Gasteiger partial charge is 0.226 e. The molecule has 4 rings (SSSR count). The molecule has 3 aromatic rings. The van der Waals surface area contributed by atoms with Gasteiger partial charge in [0.15, 0.2) is 16.6 Å². The van der Waals surface area contributed by atoms with Crippen LogP contribution in [0.3, 0.4) is 0 Å². The Morgan fingerprint density at radius 3 is 2.52 bits per heavy atom. The molecule has 0 fully saturated rings. The molecule has 2 aromatic carbocycles. The van der Waals surface area contributed by atoms with E-state index >= 15 is 0 Å². The molecule has 212 valence electrons. The molecule has 0 saturated carbocycles. The number of fused-ring (bicyclic) bond motifs is 3. The molecule has 1 aromatic heterocycles. The summed E-state index contributed by atoms with van der Waals surface area (Å²) in [5, 5.41) is 11.4. The van der Waals surface area contributed by atoms with Gasteiger partial charge in [0.25, 0.3) is 0 Å². The van der Waals surface area contributed by atoms with Crippen molar-refractivity contribution in [3.63, 3.8) is 0 Å². The van der Waals surface area contributed by atoms with Crippen LogP contribution in [0.4, 0.5) is 10.8 Å². The molecule has 11 heteroatoms. The Hall–Kier alpha value is -4.12. The van der Waals surface area contributed by atoms with Crippen LogP contribution < -0.4 is 35.6 Å². The number of methoxy groups -OCH3 is 3. The average molecular weight is 567 g/mol. The van der Waals surface area contributed by atoms with Gasteiger partial charge in [-0.1, -0.05) is 6.07 Å². The van der Waals surface area contributed by atoms with Crippen molar-refractivity contribution >= 4 is 34.0 Å². The quantitative estimate of drug-likeness (QED) is 0.307. The lowest BCUT2D eigenvalue weighted by Crippen LogP contribution is -2.26. The van der Waals surface area contributed by atoms with Crippen LogP contribution in [0.25, 0.3) is 11.1 Å². The summed E-state index contributed by atoms with van der Waals surface area (Å²) in [5.41, 5.74) is 4.23. The van der Waals surface area contributed by atoms with Crippen molar-refractivity contribution in [3.05, 3.63) is 56.7 Å². The monoisotopic (exact) mass is 566 g/mol. The van der Waals surface area contributed by atoms with Gasteiger partial charge in [-0.05, 0) is 61.1 Å². The van der Waals surface area contributed by atoms with Crippen LogP contribution in [0.2, 0.25) is 0 Å². The van der Waals surface area contributed by atoms with Crippen LogP contribution in [0.1, 0.15) is 49.0 Å². The molecule has 40 heavy (non-hydrogen) atoms. The molecule has 2 amide bonds. The summed E-state index contributed by atoms with van der Waals surface area (Å²) in [4.78, 5) is 42.0. The Morgan fingerprint density at radius 2 is 1.88 bits per heavy atom. The van der Waals surface area contributed by atoms with Gasteiger partial charge in [0.1, 0.15) is 0 Å². The maximum atomic E-state index is 13.4. The molecule has 0 bridgehead atoms. The summed E-state index contributed by atoms with van der Waals surface area (Å²) in [6.45, 7) is 3.76. The van der Waals surface area contributed by atoms with Crippen molar-refractivity contribution in [2.45, 2.75) is 45.6 Å². The molecule has 0 saturated heterocycles. The zero-order chi connectivity index (χ0) is 28.8. The third kappa shape index (κ3) is 6.36. The Balaban J connectivity index is 1.65. The van der Waals surface area contributed by atoms with Gasteiger partial charge in [-0.2, -0.15) is 0 Å². The Kier molecular flexibility index (Phi) is 9.26.